The number of hydrogen-bond donors (Lipinski definition) is 2. The van der Waals surface area contributed by atoms with Gasteiger partial charge in [0.05, 0.1) is 11.3 Å². The molecule has 6 rings (SSSR count). The molecule has 2 aliphatic rings. The number of carbonyl (C=O) groups is 1. The van der Waals surface area contributed by atoms with E-state index in [1.807, 2.05) is 24.3 Å². The van der Waals surface area contributed by atoms with Crippen LogP contribution in [0.1, 0.15) is 11.1 Å². The summed E-state index contributed by atoms with van der Waals surface area (Å²) in [5, 5.41) is 15.4. The van der Waals surface area contributed by atoms with Crippen LogP contribution in [0.5, 0.6) is 5.88 Å². The lowest BCUT2D eigenvalue weighted by Gasteiger charge is -2.28. The summed E-state index contributed by atoms with van der Waals surface area (Å²) in [5.74, 6) is -0.272. The zero-order valence-electron chi connectivity index (χ0n) is 17.4. The van der Waals surface area contributed by atoms with Gasteiger partial charge in [-0.05, 0) is 35.9 Å². The van der Waals surface area contributed by atoms with E-state index in [2.05, 4.69) is 25.8 Å². The van der Waals surface area contributed by atoms with Crippen molar-refractivity contribution in [1.82, 2.24) is 15.2 Å². The van der Waals surface area contributed by atoms with Crippen LogP contribution < -0.4 is 15.4 Å². The molecule has 168 valence electrons. The number of thioether (sulfide) groups is 1. The first kappa shape index (κ1) is 20.9. The molecule has 0 saturated carbocycles. The predicted octanol–water partition coefficient (Wildman–Crippen LogP) is 5.23. The van der Waals surface area contributed by atoms with Crippen molar-refractivity contribution in [3.8, 4) is 17.1 Å². The van der Waals surface area contributed by atoms with Crippen molar-refractivity contribution in [2.75, 3.05) is 10.6 Å². The molecule has 0 fully saturated rings. The minimum absolute atomic E-state index is 0.131. The largest absolute Gasteiger partial charge is 0.435 e. The molecule has 4 aromatic rings. The summed E-state index contributed by atoms with van der Waals surface area (Å²) in [7, 11) is 0. The number of aromatic nitrogens is 3. The highest BCUT2D eigenvalue weighted by Crippen LogP contribution is 2.47. The Morgan fingerprint density at radius 3 is 2.74 bits per heavy atom. The van der Waals surface area contributed by atoms with Crippen LogP contribution in [0.25, 0.3) is 11.3 Å². The number of amides is 1. The lowest BCUT2D eigenvalue weighted by molar-refractivity contribution is -0.128. The number of fused-ring (bicyclic) bond motifs is 5. The Bertz CT molecular complexity index is 1470. The Labute approximate surface area is 202 Å². The second-order valence-electron chi connectivity index (χ2n) is 7.73. The van der Waals surface area contributed by atoms with Gasteiger partial charge in [-0.3, -0.25) is 4.79 Å². The first-order valence-electron chi connectivity index (χ1n) is 10.3. The molecule has 0 bridgehead atoms. The van der Waals surface area contributed by atoms with Crippen LogP contribution in [0.4, 0.5) is 15.8 Å². The number of carbonyl (C=O) groups excluding carboxylic acids is 1. The average molecular weight is 492 g/mol. The fourth-order valence-corrected chi connectivity index (χ4v) is 4.93. The van der Waals surface area contributed by atoms with Gasteiger partial charge in [-0.25, -0.2) is 4.39 Å². The molecule has 1 aromatic heterocycles. The molecule has 3 heterocycles. The molecule has 3 aromatic carbocycles. The van der Waals surface area contributed by atoms with Gasteiger partial charge >= 0.3 is 0 Å². The second-order valence-corrected chi connectivity index (χ2v) is 9.11. The van der Waals surface area contributed by atoms with Crippen molar-refractivity contribution in [3.05, 3.63) is 88.7 Å². The summed E-state index contributed by atoms with van der Waals surface area (Å²) >= 11 is 7.48. The van der Waals surface area contributed by atoms with E-state index < -0.39 is 11.6 Å². The van der Waals surface area contributed by atoms with Crippen LogP contribution >= 0.6 is 23.4 Å². The molecular formula is C24H15ClFN5O2S. The molecular weight excluding hydrogens is 477 g/mol. The van der Waals surface area contributed by atoms with Gasteiger partial charge in [0.15, 0.2) is 5.69 Å². The van der Waals surface area contributed by atoms with Crippen molar-refractivity contribution < 1.29 is 13.9 Å². The molecule has 0 radical (unpaired) electrons. The number of nitrogens with one attached hydrogen (secondary N) is 2. The monoisotopic (exact) mass is 491 g/mol. The number of halogens is 2. The number of anilines is 2. The third kappa shape index (κ3) is 3.36. The van der Waals surface area contributed by atoms with Crippen molar-refractivity contribution in [2.24, 2.45) is 0 Å². The van der Waals surface area contributed by atoms with Gasteiger partial charge in [0.25, 0.3) is 11.6 Å². The van der Waals surface area contributed by atoms with E-state index in [0.717, 1.165) is 0 Å². The predicted molar refractivity (Wildman–Crippen MR) is 127 cm³/mol. The van der Waals surface area contributed by atoms with Crippen LogP contribution in [-0.2, 0) is 16.3 Å². The Hall–Kier alpha value is -3.69. The summed E-state index contributed by atoms with van der Waals surface area (Å²) < 4.78 is 20.4. The first-order valence-corrected chi connectivity index (χ1v) is 11.7. The number of para-hydroxylation sites is 1. The molecule has 2 aliphatic heterocycles. The van der Waals surface area contributed by atoms with E-state index in [9.17, 15) is 9.18 Å². The Balaban J connectivity index is 1.45. The molecule has 1 amide bonds. The van der Waals surface area contributed by atoms with E-state index >= 15 is 0 Å². The van der Waals surface area contributed by atoms with Crippen LogP contribution in [0, 0.1) is 5.82 Å². The molecule has 1 spiro atoms. The lowest BCUT2D eigenvalue weighted by atomic mass is 10.0. The summed E-state index contributed by atoms with van der Waals surface area (Å²) in [5.41, 5.74) is 1.74. The van der Waals surface area contributed by atoms with E-state index in [4.69, 9.17) is 16.3 Å². The van der Waals surface area contributed by atoms with Gasteiger partial charge in [0.2, 0.25) is 11.0 Å². The van der Waals surface area contributed by atoms with Gasteiger partial charge in [0.1, 0.15) is 5.82 Å². The molecule has 7 nitrogen and oxygen atoms in total. The highest BCUT2D eigenvalue weighted by Gasteiger charge is 2.52. The van der Waals surface area contributed by atoms with E-state index in [0.29, 0.717) is 49.7 Å². The maximum Gasteiger partial charge on any atom is 0.295 e. The lowest BCUT2D eigenvalue weighted by Crippen LogP contribution is -2.47. The zero-order valence-corrected chi connectivity index (χ0v) is 19.0. The Kier molecular flexibility index (Phi) is 4.89. The number of nitrogens with zero attached hydrogens (tertiary/aromatic N) is 3. The summed E-state index contributed by atoms with van der Waals surface area (Å²) in [4.78, 5) is 17.8. The normalized spacial score (nSPS) is 17.6. The SMILES string of the molecule is O=C1Nc2ccc(Cl)cc2[C@@]12Nc1ccccc1-c1nnc(SCc3ccccc3F)nc1O2. The second kappa shape index (κ2) is 7.96. The topological polar surface area (TPSA) is 89.0 Å². The molecule has 0 unspecified atom stereocenters. The van der Waals surface area contributed by atoms with Crippen molar-refractivity contribution in [3.63, 3.8) is 0 Å². The number of benzene rings is 3. The molecule has 1 atom stereocenters. The van der Waals surface area contributed by atoms with Gasteiger partial charge in [-0.1, -0.05) is 59.8 Å². The Morgan fingerprint density at radius 2 is 1.85 bits per heavy atom. The smallest absolute Gasteiger partial charge is 0.295 e. The third-order valence-electron chi connectivity index (χ3n) is 5.62. The van der Waals surface area contributed by atoms with Crippen molar-refractivity contribution in [1.29, 1.82) is 0 Å². The van der Waals surface area contributed by atoms with E-state index in [-0.39, 0.29) is 11.7 Å². The summed E-state index contributed by atoms with van der Waals surface area (Å²) in [6.45, 7) is 0. The van der Waals surface area contributed by atoms with Gasteiger partial charge in [-0.2, -0.15) is 4.98 Å². The van der Waals surface area contributed by atoms with Crippen LogP contribution in [0.2, 0.25) is 5.02 Å². The molecule has 0 aliphatic carbocycles. The minimum atomic E-state index is -1.61. The van der Waals surface area contributed by atoms with Crippen LogP contribution in [-0.4, -0.2) is 21.1 Å². The Morgan fingerprint density at radius 1 is 1.03 bits per heavy atom. The van der Waals surface area contributed by atoms with Crippen molar-refractivity contribution >= 4 is 40.6 Å². The standard InChI is InChI=1S/C24H15ClFN5O2S/c25-14-9-10-19-16(11-14)24(22(32)27-19)29-18-8-4-2-6-15(18)20-21(33-24)28-23(31-30-20)34-12-13-5-1-3-7-17(13)26/h1-11,29H,12H2,(H,27,32)/t24-/m0/s1. The highest BCUT2D eigenvalue weighted by molar-refractivity contribution is 7.98. The first-order chi connectivity index (χ1) is 16.5. The zero-order chi connectivity index (χ0) is 23.3. The van der Waals surface area contributed by atoms with Crippen molar-refractivity contribution in [2.45, 2.75) is 16.6 Å². The number of rotatable bonds is 3. The van der Waals surface area contributed by atoms with E-state index in [1.54, 1.807) is 36.4 Å². The van der Waals surface area contributed by atoms with Crippen LogP contribution in [0.15, 0.2) is 71.9 Å². The van der Waals surface area contributed by atoms with E-state index in [1.165, 1.54) is 17.8 Å². The third-order valence-corrected chi connectivity index (χ3v) is 6.74. The fraction of sp³-hybridized carbons (Fsp3) is 0.0833. The maximum atomic E-state index is 14.0. The highest BCUT2D eigenvalue weighted by atomic mass is 35.5. The van der Waals surface area contributed by atoms with Gasteiger partial charge in [-0.15, -0.1) is 10.2 Å². The van der Waals surface area contributed by atoms with Gasteiger partial charge < -0.3 is 15.4 Å². The average Bonchev–Trinajstić information content (AvgIpc) is 3.00. The van der Waals surface area contributed by atoms with Gasteiger partial charge in [0, 0.05) is 22.0 Å². The molecule has 0 saturated heterocycles. The fourth-order valence-electron chi connectivity index (χ4n) is 3.99. The minimum Gasteiger partial charge on any atom is -0.435 e. The molecule has 34 heavy (non-hydrogen) atoms. The van der Waals surface area contributed by atoms with Crippen LogP contribution in [0.3, 0.4) is 0 Å². The summed E-state index contributed by atoms with van der Waals surface area (Å²) in [6, 6.07) is 19.0. The quantitative estimate of drug-likeness (QED) is 0.379. The number of ether oxygens (including phenoxy) is 1. The maximum absolute atomic E-state index is 14.0. The summed E-state index contributed by atoms with van der Waals surface area (Å²) in [6.07, 6.45) is 0. The molecule has 2 N–H and O–H groups in total. The number of hydrogen-bond acceptors (Lipinski definition) is 7. The molecule has 10 heteroatoms.